The van der Waals surface area contributed by atoms with E-state index in [1.165, 1.54) is 0 Å². The average molecular weight is 438 g/mol. The standard InChI is InChI=1S/C23H26N4O5/c1-23(2,3)32-22(30)24-19(21(28)29)13-16-9-11-18(12-10-16)31-15-27-14-20(25-26-27)17-7-5-4-6-8-17/h4-12,14,19H,13,15H2,1-3H3,(H,24,30)(H,28,29)/t19-/m0/s1. The van der Waals surface area contributed by atoms with E-state index in [0.29, 0.717) is 5.75 Å². The molecule has 32 heavy (non-hydrogen) atoms. The van der Waals surface area contributed by atoms with E-state index >= 15 is 0 Å². The number of aromatic nitrogens is 3. The van der Waals surface area contributed by atoms with Crippen LogP contribution < -0.4 is 10.1 Å². The monoisotopic (exact) mass is 438 g/mol. The molecule has 9 heteroatoms. The van der Waals surface area contributed by atoms with Crippen LogP contribution in [-0.4, -0.2) is 43.8 Å². The van der Waals surface area contributed by atoms with Gasteiger partial charge in [-0.3, -0.25) is 0 Å². The minimum Gasteiger partial charge on any atom is -0.480 e. The Hall–Kier alpha value is -3.88. The zero-order chi connectivity index (χ0) is 23.1. The molecule has 2 N–H and O–H groups in total. The van der Waals surface area contributed by atoms with Gasteiger partial charge in [-0.05, 0) is 38.5 Å². The van der Waals surface area contributed by atoms with Gasteiger partial charge in [0.1, 0.15) is 23.1 Å². The fraction of sp³-hybridized carbons (Fsp3) is 0.304. The molecule has 0 spiro atoms. The quantitative estimate of drug-likeness (QED) is 0.553. The van der Waals surface area contributed by atoms with Crippen LogP contribution in [-0.2, 0) is 22.7 Å². The number of rotatable bonds is 8. The van der Waals surface area contributed by atoms with Crippen molar-refractivity contribution < 1.29 is 24.2 Å². The minimum absolute atomic E-state index is 0.109. The second-order valence-corrected chi connectivity index (χ2v) is 8.17. The Morgan fingerprint density at radius 1 is 1.09 bits per heavy atom. The number of carbonyl (C=O) groups excluding carboxylic acids is 1. The van der Waals surface area contributed by atoms with Crippen LogP contribution >= 0.6 is 0 Å². The molecule has 3 aromatic rings. The van der Waals surface area contributed by atoms with Crippen molar-refractivity contribution in [2.24, 2.45) is 0 Å². The molecule has 1 atom stereocenters. The molecular formula is C23H26N4O5. The maximum atomic E-state index is 11.9. The molecule has 9 nitrogen and oxygen atoms in total. The lowest BCUT2D eigenvalue weighted by molar-refractivity contribution is -0.139. The fourth-order valence-electron chi connectivity index (χ4n) is 2.85. The Balaban J connectivity index is 1.54. The number of carbonyl (C=O) groups is 2. The molecular weight excluding hydrogens is 412 g/mol. The minimum atomic E-state index is -1.14. The number of benzene rings is 2. The van der Waals surface area contributed by atoms with Crippen molar-refractivity contribution in [2.45, 2.75) is 45.6 Å². The fourth-order valence-corrected chi connectivity index (χ4v) is 2.85. The predicted molar refractivity (Wildman–Crippen MR) is 117 cm³/mol. The summed E-state index contributed by atoms with van der Waals surface area (Å²) in [5.74, 6) is -0.547. The van der Waals surface area contributed by atoms with Gasteiger partial charge in [-0.1, -0.05) is 47.7 Å². The summed E-state index contributed by atoms with van der Waals surface area (Å²) in [6.07, 6.45) is 1.13. The summed E-state index contributed by atoms with van der Waals surface area (Å²) in [6.45, 7) is 5.31. The van der Waals surface area contributed by atoms with Crippen LogP contribution in [0.5, 0.6) is 5.75 Å². The maximum Gasteiger partial charge on any atom is 0.408 e. The number of hydrogen-bond donors (Lipinski definition) is 2. The molecule has 0 aliphatic heterocycles. The summed E-state index contributed by atoms with van der Waals surface area (Å²) in [5.41, 5.74) is 1.74. The third-order valence-corrected chi connectivity index (χ3v) is 4.32. The number of ether oxygens (including phenoxy) is 2. The van der Waals surface area contributed by atoms with Crippen LogP contribution in [0.2, 0.25) is 0 Å². The van der Waals surface area contributed by atoms with Gasteiger partial charge in [0.05, 0.1) is 6.20 Å². The van der Waals surface area contributed by atoms with Crippen LogP contribution in [0.4, 0.5) is 4.79 Å². The lowest BCUT2D eigenvalue weighted by Gasteiger charge is -2.22. The molecule has 0 aliphatic rings. The highest BCUT2D eigenvalue weighted by atomic mass is 16.6. The molecule has 0 aliphatic carbocycles. The number of aliphatic carboxylic acids is 1. The molecule has 1 heterocycles. The van der Waals surface area contributed by atoms with E-state index in [0.717, 1.165) is 16.8 Å². The second-order valence-electron chi connectivity index (χ2n) is 8.17. The predicted octanol–water partition coefficient (Wildman–Crippen LogP) is 3.50. The van der Waals surface area contributed by atoms with Crippen LogP contribution in [0.3, 0.4) is 0 Å². The van der Waals surface area contributed by atoms with Gasteiger partial charge < -0.3 is 19.9 Å². The van der Waals surface area contributed by atoms with E-state index in [1.54, 1.807) is 55.9 Å². The zero-order valence-electron chi connectivity index (χ0n) is 18.2. The van der Waals surface area contributed by atoms with Gasteiger partial charge in [0.2, 0.25) is 0 Å². The Labute approximate surface area is 186 Å². The second kappa shape index (κ2) is 9.95. The van der Waals surface area contributed by atoms with Crippen molar-refractivity contribution in [1.29, 1.82) is 0 Å². The smallest absolute Gasteiger partial charge is 0.408 e. The Kier molecular flexibility index (Phi) is 7.09. The molecule has 1 amide bonds. The first-order valence-electron chi connectivity index (χ1n) is 10.1. The summed E-state index contributed by atoms with van der Waals surface area (Å²) in [5, 5.41) is 20.0. The molecule has 0 radical (unpaired) electrons. The summed E-state index contributed by atoms with van der Waals surface area (Å²) in [4.78, 5) is 23.4. The van der Waals surface area contributed by atoms with Crippen LogP contribution in [0, 0.1) is 0 Å². The van der Waals surface area contributed by atoms with Crippen molar-refractivity contribution in [2.75, 3.05) is 0 Å². The lowest BCUT2D eigenvalue weighted by atomic mass is 10.1. The Morgan fingerprint density at radius 3 is 2.41 bits per heavy atom. The highest BCUT2D eigenvalue weighted by Gasteiger charge is 2.24. The molecule has 168 valence electrons. The van der Waals surface area contributed by atoms with E-state index in [2.05, 4.69) is 15.6 Å². The largest absolute Gasteiger partial charge is 0.480 e. The van der Waals surface area contributed by atoms with E-state index < -0.39 is 23.7 Å². The van der Waals surface area contributed by atoms with Crippen molar-refractivity contribution in [3.8, 4) is 17.0 Å². The van der Waals surface area contributed by atoms with E-state index in [9.17, 15) is 14.7 Å². The van der Waals surface area contributed by atoms with Crippen molar-refractivity contribution in [3.63, 3.8) is 0 Å². The Morgan fingerprint density at radius 2 is 1.78 bits per heavy atom. The number of amides is 1. The normalized spacial score (nSPS) is 12.1. The highest BCUT2D eigenvalue weighted by molar-refractivity contribution is 5.80. The molecule has 2 aromatic carbocycles. The molecule has 1 aromatic heterocycles. The highest BCUT2D eigenvalue weighted by Crippen LogP contribution is 2.17. The number of nitrogens with zero attached hydrogens (tertiary/aromatic N) is 3. The molecule has 0 saturated heterocycles. The number of alkyl carbamates (subject to hydrolysis) is 1. The van der Waals surface area contributed by atoms with Crippen LogP contribution in [0.1, 0.15) is 26.3 Å². The third-order valence-electron chi connectivity index (χ3n) is 4.32. The molecule has 0 fully saturated rings. The van der Waals surface area contributed by atoms with Crippen molar-refractivity contribution in [3.05, 3.63) is 66.4 Å². The first-order valence-corrected chi connectivity index (χ1v) is 10.1. The van der Waals surface area contributed by atoms with Gasteiger partial charge in [-0.2, -0.15) is 0 Å². The summed E-state index contributed by atoms with van der Waals surface area (Å²) in [7, 11) is 0. The van der Waals surface area contributed by atoms with Gasteiger partial charge in [-0.15, -0.1) is 5.10 Å². The van der Waals surface area contributed by atoms with E-state index in [4.69, 9.17) is 9.47 Å². The first kappa shape index (κ1) is 22.8. The van der Waals surface area contributed by atoms with Crippen LogP contribution in [0.15, 0.2) is 60.8 Å². The van der Waals surface area contributed by atoms with Gasteiger partial charge in [-0.25, -0.2) is 14.3 Å². The third kappa shape index (κ3) is 6.83. The van der Waals surface area contributed by atoms with Gasteiger partial charge in [0.15, 0.2) is 6.73 Å². The van der Waals surface area contributed by atoms with Crippen LogP contribution in [0.25, 0.3) is 11.3 Å². The number of carboxylic acid groups (broad SMARTS) is 1. The van der Waals surface area contributed by atoms with Crippen molar-refractivity contribution >= 4 is 12.1 Å². The summed E-state index contributed by atoms with van der Waals surface area (Å²) < 4.78 is 12.4. The van der Waals surface area contributed by atoms with Gasteiger partial charge in [0.25, 0.3) is 0 Å². The average Bonchev–Trinajstić information content (AvgIpc) is 3.21. The zero-order valence-corrected chi connectivity index (χ0v) is 18.2. The number of carboxylic acids is 1. The molecule has 0 saturated carbocycles. The van der Waals surface area contributed by atoms with Gasteiger partial charge in [0, 0.05) is 12.0 Å². The Bertz CT molecular complexity index is 1040. The number of nitrogens with one attached hydrogen (secondary N) is 1. The number of hydrogen-bond acceptors (Lipinski definition) is 6. The topological polar surface area (TPSA) is 116 Å². The summed E-state index contributed by atoms with van der Waals surface area (Å²) >= 11 is 0. The molecule has 3 rings (SSSR count). The van der Waals surface area contributed by atoms with E-state index in [-0.39, 0.29) is 13.2 Å². The molecule has 0 unspecified atom stereocenters. The van der Waals surface area contributed by atoms with Gasteiger partial charge >= 0.3 is 12.1 Å². The van der Waals surface area contributed by atoms with Crippen molar-refractivity contribution in [1.82, 2.24) is 20.3 Å². The van der Waals surface area contributed by atoms with E-state index in [1.807, 2.05) is 30.3 Å². The molecule has 0 bridgehead atoms. The lowest BCUT2D eigenvalue weighted by Crippen LogP contribution is -2.44. The first-order chi connectivity index (χ1) is 15.2. The maximum absolute atomic E-state index is 11.9. The summed E-state index contributed by atoms with van der Waals surface area (Å²) in [6, 6.07) is 15.6. The SMILES string of the molecule is CC(C)(C)OC(=O)N[C@@H](Cc1ccc(OCn2cc(-c3ccccc3)nn2)cc1)C(=O)O.